The molecule has 2 aliphatic rings. The van der Waals surface area contributed by atoms with Gasteiger partial charge in [-0.05, 0) is 51.8 Å². The Morgan fingerprint density at radius 1 is 1.29 bits per heavy atom. The summed E-state index contributed by atoms with van der Waals surface area (Å²) in [7, 11) is 0. The van der Waals surface area contributed by atoms with E-state index < -0.39 is 0 Å². The molecule has 2 fully saturated rings. The number of aryl methyl sites for hydroxylation is 1. The van der Waals surface area contributed by atoms with Crippen LogP contribution in [0.3, 0.4) is 0 Å². The Kier molecular flexibility index (Phi) is 4.10. The van der Waals surface area contributed by atoms with Crippen molar-refractivity contribution in [3.8, 4) is 0 Å². The number of amides is 2. The van der Waals surface area contributed by atoms with Crippen LogP contribution in [0, 0.1) is 6.92 Å². The Morgan fingerprint density at radius 3 is 2.96 bits per heavy atom. The molecule has 0 aromatic carbocycles. The number of fused-ring (bicyclic) bond motifs is 1. The zero-order valence-corrected chi connectivity index (χ0v) is 14.1. The van der Waals surface area contributed by atoms with Gasteiger partial charge in [0.2, 0.25) is 0 Å². The molecule has 1 N–H and O–H groups in total. The Labute approximate surface area is 141 Å². The number of urea groups is 1. The van der Waals surface area contributed by atoms with Gasteiger partial charge < -0.3 is 9.80 Å². The highest BCUT2D eigenvalue weighted by Crippen LogP contribution is 2.22. The van der Waals surface area contributed by atoms with Crippen molar-refractivity contribution in [1.29, 1.82) is 0 Å². The summed E-state index contributed by atoms with van der Waals surface area (Å²) < 4.78 is 1.69. The summed E-state index contributed by atoms with van der Waals surface area (Å²) in [5.41, 5.74) is 1.64. The van der Waals surface area contributed by atoms with Crippen LogP contribution >= 0.6 is 0 Å². The number of nitrogens with zero attached hydrogens (tertiary/aromatic N) is 5. The highest BCUT2D eigenvalue weighted by atomic mass is 16.2. The van der Waals surface area contributed by atoms with Gasteiger partial charge in [-0.2, -0.15) is 9.61 Å². The van der Waals surface area contributed by atoms with E-state index in [2.05, 4.69) is 20.3 Å². The summed E-state index contributed by atoms with van der Waals surface area (Å²) >= 11 is 0. The van der Waals surface area contributed by atoms with Crippen LogP contribution in [0.4, 0.5) is 10.6 Å². The lowest BCUT2D eigenvalue weighted by Crippen LogP contribution is -2.44. The molecule has 2 aromatic rings. The molecule has 0 radical (unpaired) electrons. The van der Waals surface area contributed by atoms with Gasteiger partial charge >= 0.3 is 6.03 Å². The number of carbonyl (C=O) groups is 1. The third-order valence-corrected chi connectivity index (χ3v) is 5.02. The number of carbonyl (C=O) groups excluding carboxylic acids is 1. The molecular formula is C17H24N6O. The molecule has 2 saturated heterocycles. The molecule has 2 aromatic heterocycles. The second-order valence-electron chi connectivity index (χ2n) is 6.81. The molecule has 128 valence electrons. The van der Waals surface area contributed by atoms with E-state index in [1.54, 1.807) is 16.8 Å². The third-order valence-electron chi connectivity index (χ3n) is 5.02. The summed E-state index contributed by atoms with van der Waals surface area (Å²) in [6.45, 7) is 6.09. The number of likely N-dealkylation sites (tertiary alicyclic amines) is 2. The first-order valence-corrected chi connectivity index (χ1v) is 8.82. The number of nitrogens with one attached hydrogen (secondary N) is 1. The van der Waals surface area contributed by atoms with Crippen molar-refractivity contribution in [2.24, 2.45) is 0 Å². The zero-order chi connectivity index (χ0) is 16.5. The van der Waals surface area contributed by atoms with Crippen LogP contribution in [0.15, 0.2) is 18.3 Å². The maximum absolute atomic E-state index is 12.8. The molecule has 1 atom stereocenters. The van der Waals surface area contributed by atoms with Crippen molar-refractivity contribution in [3.05, 3.63) is 24.0 Å². The molecule has 0 saturated carbocycles. The summed E-state index contributed by atoms with van der Waals surface area (Å²) in [6, 6.07) is 3.99. The minimum absolute atomic E-state index is 0.0302. The lowest BCUT2D eigenvalue weighted by molar-refractivity contribution is 0.186. The highest BCUT2D eigenvalue weighted by Gasteiger charge is 2.31. The second kappa shape index (κ2) is 6.39. The maximum atomic E-state index is 12.8. The second-order valence-corrected chi connectivity index (χ2v) is 6.81. The van der Waals surface area contributed by atoms with Gasteiger partial charge in [0.15, 0.2) is 5.65 Å². The molecule has 2 aliphatic heterocycles. The van der Waals surface area contributed by atoms with Gasteiger partial charge in [-0.1, -0.05) is 0 Å². The van der Waals surface area contributed by atoms with E-state index >= 15 is 0 Å². The van der Waals surface area contributed by atoms with Gasteiger partial charge in [-0.25, -0.2) is 9.78 Å². The molecule has 0 spiro atoms. The average molecular weight is 328 g/mol. The third kappa shape index (κ3) is 2.96. The standard InChI is InChI=1S/C17H24N6O/c1-13-11-16-18-7-6-15(23(16)20-13)19-17(24)22-10-4-5-14(22)12-21-8-2-3-9-21/h6-7,11,14H,2-5,8-10,12H2,1H3,(H,19,24). The topological polar surface area (TPSA) is 65.8 Å². The van der Waals surface area contributed by atoms with E-state index in [1.165, 1.54) is 25.9 Å². The van der Waals surface area contributed by atoms with Crippen LogP contribution in [0.5, 0.6) is 0 Å². The minimum Gasteiger partial charge on any atom is -0.320 e. The van der Waals surface area contributed by atoms with Crippen molar-refractivity contribution >= 4 is 17.5 Å². The maximum Gasteiger partial charge on any atom is 0.323 e. The molecular weight excluding hydrogens is 304 g/mol. The molecule has 4 heterocycles. The van der Waals surface area contributed by atoms with Crippen LogP contribution in [0.25, 0.3) is 5.65 Å². The SMILES string of the molecule is Cc1cc2nccc(NC(=O)N3CCCC3CN3CCCC3)n2n1. The number of rotatable bonds is 3. The molecule has 2 amide bonds. The summed E-state index contributed by atoms with van der Waals surface area (Å²) in [4.78, 5) is 21.5. The van der Waals surface area contributed by atoms with Crippen molar-refractivity contribution in [1.82, 2.24) is 24.4 Å². The molecule has 4 rings (SSSR count). The van der Waals surface area contributed by atoms with Crippen molar-refractivity contribution in [2.45, 2.75) is 38.6 Å². The van der Waals surface area contributed by atoms with Crippen molar-refractivity contribution < 1.29 is 4.79 Å². The van der Waals surface area contributed by atoms with E-state index in [0.717, 1.165) is 37.3 Å². The molecule has 1 unspecified atom stereocenters. The highest BCUT2D eigenvalue weighted by molar-refractivity contribution is 5.89. The van der Waals surface area contributed by atoms with Crippen LogP contribution in [0.1, 0.15) is 31.4 Å². The fraction of sp³-hybridized carbons (Fsp3) is 0.588. The van der Waals surface area contributed by atoms with Crippen molar-refractivity contribution in [3.63, 3.8) is 0 Å². The molecule has 7 nitrogen and oxygen atoms in total. The predicted molar refractivity (Wildman–Crippen MR) is 92.1 cm³/mol. The quantitative estimate of drug-likeness (QED) is 0.937. The fourth-order valence-electron chi connectivity index (χ4n) is 3.84. The Hall–Kier alpha value is -2.15. The lowest BCUT2D eigenvalue weighted by atomic mass is 10.2. The van der Waals surface area contributed by atoms with Gasteiger partial charge in [-0.3, -0.25) is 5.32 Å². The Morgan fingerprint density at radius 2 is 2.12 bits per heavy atom. The number of hydrogen-bond donors (Lipinski definition) is 1. The Bertz CT molecular complexity index is 736. The van der Waals surface area contributed by atoms with Gasteiger partial charge in [0, 0.05) is 31.4 Å². The Balaban J connectivity index is 1.48. The van der Waals surface area contributed by atoms with Gasteiger partial charge in [0.05, 0.1) is 5.69 Å². The van der Waals surface area contributed by atoms with Gasteiger partial charge in [-0.15, -0.1) is 0 Å². The molecule has 24 heavy (non-hydrogen) atoms. The number of aromatic nitrogens is 3. The normalized spacial score (nSPS) is 21.7. The molecule has 7 heteroatoms. The fourth-order valence-corrected chi connectivity index (χ4v) is 3.84. The first-order chi connectivity index (χ1) is 11.7. The minimum atomic E-state index is -0.0302. The van der Waals surface area contributed by atoms with Gasteiger partial charge in [0.25, 0.3) is 0 Å². The number of hydrogen-bond acceptors (Lipinski definition) is 4. The lowest BCUT2D eigenvalue weighted by Gasteiger charge is -2.28. The van der Waals surface area contributed by atoms with E-state index in [1.807, 2.05) is 17.9 Å². The van der Waals surface area contributed by atoms with Crippen LogP contribution < -0.4 is 5.32 Å². The van der Waals surface area contributed by atoms with E-state index in [0.29, 0.717) is 11.9 Å². The smallest absolute Gasteiger partial charge is 0.320 e. The van der Waals surface area contributed by atoms with E-state index in [4.69, 9.17) is 0 Å². The largest absolute Gasteiger partial charge is 0.323 e. The molecule has 0 bridgehead atoms. The number of anilines is 1. The first-order valence-electron chi connectivity index (χ1n) is 8.82. The average Bonchev–Trinajstić information content (AvgIpc) is 3.28. The van der Waals surface area contributed by atoms with E-state index in [9.17, 15) is 4.79 Å². The molecule has 0 aliphatic carbocycles. The van der Waals surface area contributed by atoms with Crippen LogP contribution in [-0.2, 0) is 0 Å². The summed E-state index contributed by atoms with van der Waals surface area (Å²) in [5.74, 6) is 0.671. The summed E-state index contributed by atoms with van der Waals surface area (Å²) in [5, 5.41) is 7.43. The van der Waals surface area contributed by atoms with Crippen LogP contribution in [-0.4, -0.2) is 62.6 Å². The summed E-state index contributed by atoms with van der Waals surface area (Å²) in [6.07, 6.45) is 6.45. The first kappa shape index (κ1) is 15.4. The van der Waals surface area contributed by atoms with Gasteiger partial charge in [0.1, 0.15) is 5.82 Å². The predicted octanol–water partition coefficient (Wildman–Crippen LogP) is 2.13. The monoisotopic (exact) mass is 328 g/mol. The zero-order valence-electron chi connectivity index (χ0n) is 14.1. The van der Waals surface area contributed by atoms with E-state index in [-0.39, 0.29) is 6.03 Å². The van der Waals surface area contributed by atoms with Crippen molar-refractivity contribution in [2.75, 3.05) is 31.5 Å². The van der Waals surface area contributed by atoms with Crippen LogP contribution in [0.2, 0.25) is 0 Å².